The van der Waals surface area contributed by atoms with Crippen LogP contribution in [0.25, 0.3) is 0 Å². The fourth-order valence-electron chi connectivity index (χ4n) is 4.74. The van der Waals surface area contributed by atoms with E-state index in [4.69, 9.17) is 27.1 Å². The van der Waals surface area contributed by atoms with Gasteiger partial charge in [-0.05, 0) is 0 Å². The second kappa shape index (κ2) is 6.42. The van der Waals surface area contributed by atoms with E-state index in [1.807, 2.05) is 85.1 Å². The van der Waals surface area contributed by atoms with Crippen molar-refractivity contribution in [2.24, 2.45) is 0 Å². The second-order valence-electron chi connectivity index (χ2n) is 6.97. The number of hydrogen-bond donors (Lipinski definition) is 0. The Morgan fingerprint density at radius 1 is 0.600 bits per heavy atom. The molecule has 2 aromatic carbocycles. The van der Waals surface area contributed by atoms with Crippen molar-refractivity contribution in [3.05, 3.63) is 48.5 Å². The molecule has 0 atom stereocenters. The zero-order valence-electron chi connectivity index (χ0n) is 17.7. The van der Waals surface area contributed by atoms with Crippen LogP contribution in [0.3, 0.4) is 0 Å². The molecule has 10 heteroatoms. The molecule has 3 aliphatic rings. The van der Waals surface area contributed by atoms with Crippen LogP contribution in [0, 0.1) is 0 Å². The van der Waals surface area contributed by atoms with E-state index in [0.29, 0.717) is 37.9 Å². The van der Waals surface area contributed by atoms with Gasteiger partial charge in [-0.25, -0.2) is 0 Å². The molecule has 2 aromatic rings. The molecule has 0 N–H and O–H groups in total. The van der Waals surface area contributed by atoms with Crippen molar-refractivity contribution in [3.8, 4) is 11.5 Å². The standard InChI is InChI=1S/C20H28N2O6P2/c1-5-23-29(24-6-2)21(17-13-9-11-15-19(17)27-29)30(25-7-3,26-8-4)22(29)18-14-10-12-16-20(18)28-30/h9-16H,5-8H2,1-4H3. The fourth-order valence-corrected chi connectivity index (χ4v) is 17.6. The van der Waals surface area contributed by atoms with Gasteiger partial charge in [0.15, 0.2) is 0 Å². The van der Waals surface area contributed by atoms with E-state index in [1.165, 1.54) is 0 Å². The van der Waals surface area contributed by atoms with Crippen LogP contribution in [-0.4, -0.2) is 26.4 Å². The van der Waals surface area contributed by atoms with Crippen molar-refractivity contribution in [2.45, 2.75) is 27.7 Å². The first-order chi connectivity index (χ1) is 14.5. The summed E-state index contributed by atoms with van der Waals surface area (Å²) in [6, 6.07) is 15.5. The van der Waals surface area contributed by atoms with Crippen LogP contribution in [0.5, 0.6) is 11.5 Å². The van der Waals surface area contributed by atoms with E-state index < -0.39 is 15.2 Å². The maximum absolute atomic E-state index is 6.71. The van der Waals surface area contributed by atoms with E-state index in [2.05, 4.69) is 0 Å². The van der Waals surface area contributed by atoms with Gasteiger partial charge in [-0.3, -0.25) is 0 Å². The maximum atomic E-state index is 6.71. The third kappa shape index (κ3) is 1.98. The van der Waals surface area contributed by atoms with Gasteiger partial charge in [0.2, 0.25) is 0 Å². The van der Waals surface area contributed by atoms with Crippen LogP contribution >= 0.6 is 15.2 Å². The Hall–Kier alpha value is -1.66. The Morgan fingerprint density at radius 2 is 0.933 bits per heavy atom. The molecule has 0 amide bonds. The zero-order chi connectivity index (χ0) is 21.1. The number of nitrogens with zero attached hydrogens (tertiary/aromatic N) is 2. The van der Waals surface area contributed by atoms with Crippen molar-refractivity contribution in [2.75, 3.05) is 35.3 Å². The van der Waals surface area contributed by atoms with Crippen molar-refractivity contribution in [1.29, 1.82) is 0 Å². The van der Waals surface area contributed by atoms with Gasteiger partial charge in [0.05, 0.1) is 0 Å². The quantitative estimate of drug-likeness (QED) is 0.437. The summed E-state index contributed by atoms with van der Waals surface area (Å²) in [5.41, 5.74) is 1.58. The monoisotopic (exact) mass is 454 g/mol. The SMILES string of the molecule is CCOP12(OCC)Oc3ccccc3N1P1(OCC)(OCC)Oc3ccccc3N21. The normalized spacial score (nSPS) is 24.9. The molecular weight excluding hydrogens is 426 g/mol. The molecule has 0 unspecified atom stereocenters. The Morgan fingerprint density at radius 3 is 1.27 bits per heavy atom. The summed E-state index contributed by atoms with van der Waals surface area (Å²) in [5, 5.41) is 0. The van der Waals surface area contributed by atoms with E-state index in [0.717, 1.165) is 11.4 Å². The van der Waals surface area contributed by atoms with Crippen LogP contribution in [0.15, 0.2) is 48.5 Å². The topological polar surface area (TPSA) is 61.9 Å². The number of anilines is 2. The molecule has 0 aromatic heterocycles. The molecular formula is C20H28N2O6P2. The van der Waals surface area contributed by atoms with E-state index in [9.17, 15) is 0 Å². The molecule has 0 saturated carbocycles. The third-order valence-electron chi connectivity index (χ3n) is 5.34. The third-order valence-corrected chi connectivity index (χ3v) is 16.1. The van der Waals surface area contributed by atoms with Crippen molar-refractivity contribution in [3.63, 3.8) is 0 Å². The molecule has 30 heavy (non-hydrogen) atoms. The Kier molecular flexibility index (Phi) is 4.34. The first-order valence-corrected chi connectivity index (χ1v) is 14.2. The minimum atomic E-state index is -4.13. The molecule has 8 nitrogen and oxygen atoms in total. The van der Waals surface area contributed by atoms with Crippen LogP contribution in [0.2, 0.25) is 0 Å². The van der Waals surface area contributed by atoms with Crippen LogP contribution in [0.1, 0.15) is 27.7 Å². The Bertz CT molecular complexity index is 897. The number of fused-ring (bicyclic) bond motifs is 8. The van der Waals surface area contributed by atoms with E-state index in [1.54, 1.807) is 0 Å². The van der Waals surface area contributed by atoms with Crippen LogP contribution in [-0.2, 0) is 18.1 Å². The molecule has 0 bridgehead atoms. The average Bonchev–Trinajstić information content (AvgIpc) is 3.14. The fraction of sp³-hybridized carbons (Fsp3) is 0.400. The van der Waals surface area contributed by atoms with Crippen molar-refractivity contribution >= 4 is 26.5 Å². The summed E-state index contributed by atoms with van der Waals surface area (Å²) in [7, 11) is -8.25. The predicted molar refractivity (Wildman–Crippen MR) is 119 cm³/mol. The van der Waals surface area contributed by atoms with Gasteiger partial charge in [-0.1, -0.05) is 0 Å². The van der Waals surface area contributed by atoms with Crippen molar-refractivity contribution in [1.82, 2.24) is 0 Å². The molecule has 1 saturated heterocycles. The Balaban J connectivity index is 1.88. The summed E-state index contributed by atoms with van der Waals surface area (Å²) in [4.78, 5) is 0. The zero-order valence-corrected chi connectivity index (χ0v) is 19.5. The molecule has 5 rings (SSSR count). The first-order valence-electron chi connectivity index (χ1n) is 10.4. The van der Waals surface area contributed by atoms with Crippen LogP contribution < -0.4 is 17.9 Å². The van der Waals surface area contributed by atoms with Gasteiger partial charge < -0.3 is 0 Å². The van der Waals surface area contributed by atoms with Gasteiger partial charge in [0.25, 0.3) is 0 Å². The molecule has 164 valence electrons. The van der Waals surface area contributed by atoms with Crippen molar-refractivity contribution < 1.29 is 27.1 Å². The molecule has 0 aliphatic carbocycles. The molecule has 3 heterocycles. The number of rotatable bonds is 8. The summed E-state index contributed by atoms with van der Waals surface area (Å²) >= 11 is 0. The molecule has 3 aliphatic heterocycles. The predicted octanol–water partition coefficient (Wildman–Crippen LogP) is 6.20. The van der Waals surface area contributed by atoms with Crippen LogP contribution in [0.4, 0.5) is 11.4 Å². The first kappa shape index (κ1) is 20.3. The summed E-state index contributed by atoms with van der Waals surface area (Å²) in [6.07, 6.45) is 0. The van der Waals surface area contributed by atoms with Gasteiger partial charge in [-0.2, -0.15) is 0 Å². The van der Waals surface area contributed by atoms with E-state index in [-0.39, 0.29) is 0 Å². The van der Waals surface area contributed by atoms with Gasteiger partial charge in [-0.15, -0.1) is 0 Å². The molecule has 0 radical (unpaired) electrons. The van der Waals surface area contributed by atoms with E-state index >= 15 is 0 Å². The van der Waals surface area contributed by atoms with Gasteiger partial charge in [0, 0.05) is 0 Å². The minimum absolute atomic E-state index is 0.381. The Labute approximate surface area is 177 Å². The number of benzene rings is 2. The second-order valence-corrected chi connectivity index (χ2v) is 13.8. The summed E-state index contributed by atoms with van der Waals surface area (Å²) in [5.74, 6) is 1.33. The van der Waals surface area contributed by atoms with Gasteiger partial charge >= 0.3 is 177 Å². The number of para-hydroxylation sites is 4. The van der Waals surface area contributed by atoms with Gasteiger partial charge in [0.1, 0.15) is 0 Å². The summed E-state index contributed by atoms with van der Waals surface area (Å²) < 4.78 is 43.5. The molecule has 1 fully saturated rings. The summed E-state index contributed by atoms with van der Waals surface area (Å²) in [6.45, 7) is 9.25. The number of hydrogen-bond acceptors (Lipinski definition) is 8. The molecule has 0 spiro atoms. The average molecular weight is 454 g/mol.